The van der Waals surface area contributed by atoms with Crippen molar-refractivity contribution in [2.24, 2.45) is 5.73 Å². The summed E-state index contributed by atoms with van der Waals surface area (Å²) in [7, 11) is 0. The molecule has 10 nitrogen and oxygen atoms in total. The van der Waals surface area contributed by atoms with Gasteiger partial charge in [0.05, 0.1) is 13.0 Å². The Labute approximate surface area is 196 Å². The minimum absolute atomic E-state index is 0.231. The molecule has 10 heteroatoms. The zero-order valence-electron chi connectivity index (χ0n) is 20.1. The van der Waals surface area contributed by atoms with Gasteiger partial charge in [0.15, 0.2) is 0 Å². The topological polar surface area (TPSA) is 168 Å². The van der Waals surface area contributed by atoms with Crippen LogP contribution in [0.5, 0.6) is 0 Å². The van der Waals surface area contributed by atoms with Crippen LogP contribution in [0.3, 0.4) is 0 Å². The van der Waals surface area contributed by atoms with Crippen molar-refractivity contribution in [2.45, 2.75) is 109 Å². The highest BCUT2D eigenvalue weighted by Crippen LogP contribution is 2.11. The van der Waals surface area contributed by atoms with Crippen molar-refractivity contribution < 1.29 is 29.1 Å². The fourth-order valence-electron chi connectivity index (χ4n) is 3.27. The molecule has 190 valence electrons. The van der Waals surface area contributed by atoms with Crippen molar-refractivity contribution in [1.82, 2.24) is 16.0 Å². The zero-order valence-corrected chi connectivity index (χ0v) is 20.1. The summed E-state index contributed by atoms with van der Waals surface area (Å²) in [6.07, 6.45) is 12.9. The molecule has 0 aromatic heterocycles. The van der Waals surface area contributed by atoms with E-state index in [4.69, 9.17) is 10.8 Å². The lowest BCUT2D eigenvalue weighted by atomic mass is 10.1. The van der Waals surface area contributed by atoms with Crippen LogP contribution in [0, 0.1) is 0 Å². The van der Waals surface area contributed by atoms with Crippen LogP contribution in [0.1, 0.15) is 97.3 Å². The van der Waals surface area contributed by atoms with Crippen molar-refractivity contribution in [3.05, 3.63) is 0 Å². The number of nitrogens with one attached hydrogen (secondary N) is 3. The second kappa shape index (κ2) is 18.9. The number of carbonyl (C=O) groups is 5. The number of rotatable bonds is 20. The average molecular weight is 471 g/mol. The minimum Gasteiger partial charge on any atom is -0.480 e. The summed E-state index contributed by atoms with van der Waals surface area (Å²) in [6.45, 7) is 3.30. The van der Waals surface area contributed by atoms with Gasteiger partial charge in [0.2, 0.25) is 23.6 Å². The summed E-state index contributed by atoms with van der Waals surface area (Å²) >= 11 is 0. The number of aliphatic carboxylic acids is 1. The van der Waals surface area contributed by atoms with E-state index in [0.717, 1.165) is 19.3 Å². The van der Waals surface area contributed by atoms with Crippen LogP contribution in [0.15, 0.2) is 0 Å². The number of primary amides is 1. The van der Waals surface area contributed by atoms with E-state index in [-0.39, 0.29) is 12.5 Å². The van der Waals surface area contributed by atoms with Crippen LogP contribution in [0.4, 0.5) is 0 Å². The Kier molecular flexibility index (Phi) is 17.4. The van der Waals surface area contributed by atoms with Gasteiger partial charge >= 0.3 is 5.97 Å². The maximum absolute atomic E-state index is 12.0. The Morgan fingerprint density at radius 2 is 1.30 bits per heavy atom. The van der Waals surface area contributed by atoms with E-state index >= 15 is 0 Å². The third kappa shape index (κ3) is 17.6. The molecule has 0 saturated carbocycles. The maximum Gasteiger partial charge on any atom is 0.326 e. The number of carboxylic acid groups (broad SMARTS) is 1. The van der Waals surface area contributed by atoms with Gasteiger partial charge in [-0.1, -0.05) is 71.1 Å². The molecular formula is C23H42N4O6. The standard InChI is InChI=1S/C23H42N4O6/c1-3-4-5-6-7-8-9-10-11-12-13-14-20(29)25-16-21(30)26-17(2)22(31)27-18(23(32)33)15-19(24)28/h17-18H,3-16H2,1-2H3,(H2,24,28)(H,25,29)(H,26,30)(H,27,31)(H,32,33)/t17-,18-/m0/s1. The van der Waals surface area contributed by atoms with E-state index in [0.29, 0.717) is 6.42 Å². The van der Waals surface area contributed by atoms with Crippen LogP contribution >= 0.6 is 0 Å². The Bertz CT molecular complexity index is 626. The first kappa shape index (κ1) is 30.4. The Morgan fingerprint density at radius 1 is 0.788 bits per heavy atom. The van der Waals surface area contributed by atoms with Crippen molar-refractivity contribution in [1.29, 1.82) is 0 Å². The highest BCUT2D eigenvalue weighted by atomic mass is 16.4. The summed E-state index contributed by atoms with van der Waals surface area (Å²) < 4.78 is 0. The fraction of sp³-hybridized carbons (Fsp3) is 0.783. The molecule has 0 aromatic carbocycles. The lowest BCUT2D eigenvalue weighted by Gasteiger charge is -2.18. The molecule has 0 aliphatic heterocycles. The molecule has 33 heavy (non-hydrogen) atoms. The number of hydrogen-bond donors (Lipinski definition) is 5. The normalized spacial score (nSPS) is 12.4. The van der Waals surface area contributed by atoms with E-state index in [1.807, 2.05) is 0 Å². The summed E-state index contributed by atoms with van der Waals surface area (Å²) in [6, 6.07) is -2.52. The highest BCUT2D eigenvalue weighted by molar-refractivity contribution is 5.93. The third-order valence-electron chi connectivity index (χ3n) is 5.24. The molecule has 0 fully saturated rings. The number of carboxylic acids is 1. The molecule has 0 unspecified atom stereocenters. The van der Waals surface area contributed by atoms with Gasteiger partial charge in [-0.05, 0) is 13.3 Å². The lowest BCUT2D eigenvalue weighted by Crippen LogP contribution is -2.52. The molecule has 2 atom stereocenters. The SMILES string of the molecule is CCCCCCCCCCCCCC(=O)NCC(=O)N[C@@H](C)C(=O)N[C@@H](CC(N)=O)C(=O)O. The Morgan fingerprint density at radius 3 is 1.79 bits per heavy atom. The second-order valence-electron chi connectivity index (χ2n) is 8.42. The molecule has 0 heterocycles. The smallest absolute Gasteiger partial charge is 0.326 e. The van der Waals surface area contributed by atoms with Crippen LogP contribution in [-0.2, 0) is 24.0 Å². The third-order valence-corrected chi connectivity index (χ3v) is 5.24. The molecular weight excluding hydrogens is 428 g/mol. The van der Waals surface area contributed by atoms with Gasteiger partial charge in [-0.15, -0.1) is 0 Å². The number of nitrogens with two attached hydrogens (primary N) is 1. The molecule has 0 aliphatic rings. The first-order valence-corrected chi connectivity index (χ1v) is 12.0. The summed E-state index contributed by atoms with van der Waals surface area (Å²) in [5, 5.41) is 16.0. The van der Waals surface area contributed by atoms with Crippen LogP contribution in [0.25, 0.3) is 0 Å². The molecule has 4 amide bonds. The Balaban J connectivity index is 3.88. The van der Waals surface area contributed by atoms with Gasteiger partial charge < -0.3 is 26.8 Å². The predicted octanol–water partition coefficient (Wildman–Crippen LogP) is 1.75. The predicted molar refractivity (Wildman–Crippen MR) is 125 cm³/mol. The van der Waals surface area contributed by atoms with Gasteiger partial charge in [0, 0.05) is 6.42 Å². The molecule has 0 aromatic rings. The van der Waals surface area contributed by atoms with Crippen molar-refractivity contribution >= 4 is 29.6 Å². The second-order valence-corrected chi connectivity index (χ2v) is 8.42. The summed E-state index contributed by atoms with van der Waals surface area (Å²) in [5.41, 5.74) is 4.96. The van der Waals surface area contributed by atoms with Crippen LogP contribution in [0.2, 0.25) is 0 Å². The quantitative estimate of drug-likeness (QED) is 0.170. The fourth-order valence-corrected chi connectivity index (χ4v) is 3.27. The van der Waals surface area contributed by atoms with Gasteiger partial charge in [-0.25, -0.2) is 4.79 Å². The van der Waals surface area contributed by atoms with Crippen LogP contribution in [-0.4, -0.2) is 53.3 Å². The number of unbranched alkanes of at least 4 members (excludes halogenated alkanes) is 10. The van der Waals surface area contributed by atoms with Gasteiger partial charge in [0.1, 0.15) is 12.1 Å². The average Bonchev–Trinajstić information content (AvgIpc) is 2.75. The van der Waals surface area contributed by atoms with Crippen molar-refractivity contribution in [2.75, 3.05) is 6.54 Å². The minimum atomic E-state index is -1.47. The van der Waals surface area contributed by atoms with E-state index in [1.54, 1.807) is 0 Å². The number of hydrogen-bond acceptors (Lipinski definition) is 5. The van der Waals surface area contributed by atoms with E-state index in [2.05, 4.69) is 22.9 Å². The van der Waals surface area contributed by atoms with E-state index < -0.39 is 42.2 Å². The van der Waals surface area contributed by atoms with Gasteiger partial charge in [-0.3, -0.25) is 19.2 Å². The molecule has 0 rings (SSSR count). The largest absolute Gasteiger partial charge is 0.480 e. The first-order chi connectivity index (χ1) is 15.7. The highest BCUT2D eigenvalue weighted by Gasteiger charge is 2.25. The maximum atomic E-state index is 12.0. The molecule has 0 saturated heterocycles. The lowest BCUT2D eigenvalue weighted by molar-refractivity contribution is -0.143. The van der Waals surface area contributed by atoms with Gasteiger partial charge in [0.25, 0.3) is 0 Å². The number of amides is 4. The number of carbonyl (C=O) groups excluding carboxylic acids is 4. The van der Waals surface area contributed by atoms with E-state index in [1.165, 1.54) is 58.3 Å². The molecule has 0 radical (unpaired) electrons. The molecule has 0 bridgehead atoms. The van der Waals surface area contributed by atoms with Gasteiger partial charge in [-0.2, -0.15) is 0 Å². The van der Waals surface area contributed by atoms with Crippen molar-refractivity contribution in [3.8, 4) is 0 Å². The Hall–Kier alpha value is -2.65. The van der Waals surface area contributed by atoms with E-state index in [9.17, 15) is 24.0 Å². The monoisotopic (exact) mass is 470 g/mol. The summed E-state index contributed by atoms with van der Waals surface area (Å²) in [4.78, 5) is 57.7. The van der Waals surface area contributed by atoms with Crippen LogP contribution < -0.4 is 21.7 Å². The molecule has 0 spiro atoms. The van der Waals surface area contributed by atoms with Crippen molar-refractivity contribution in [3.63, 3.8) is 0 Å². The zero-order chi connectivity index (χ0) is 25.1. The molecule has 0 aliphatic carbocycles. The summed E-state index contributed by atoms with van der Waals surface area (Å²) in [5.74, 6) is -3.86. The first-order valence-electron chi connectivity index (χ1n) is 12.0. The molecule has 6 N–H and O–H groups in total.